The molecule has 0 bridgehead atoms. The number of nitrogens with one attached hydrogen (secondary N) is 1. The van der Waals surface area contributed by atoms with Gasteiger partial charge in [-0.15, -0.1) is 11.3 Å². The Hall–Kier alpha value is -1.05. The van der Waals surface area contributed by atoms with Gasteiger partial charge in [0.05, 0.1) is 6.54 Å². The molecule has 3 heterocycles. The topological polar surface area (TPSA) is 49.7 Å². The van der Waals surface area contributed by atoms with Crippen molar-refractivity contribution in [1.82, 2.24) is 24.6 Å². The number of hydrogen-bond acceptors (Lipinski definition) is 5. The summed E-state index contributed by atoms with van der Waals surface area (Å²) in [5, 5.41) is 10.3. The van der Waals surface area contributed by atoms with Crippen molar-refractivity contribution in [3.05, 3.63) is 15.2 Å². The van der Waals surface area contributed by atoms with Crippen molar-refractivity contribution in [2.24, 2.45) is 7.05 Å². The van der Waals surface area contributed by atoms with Crippen molar-refractivity contribution >= 4 is 23.6 Å². The van der Waals surface area contributed by atoms with Crippen LogP contribution in [0.2, 0.25) is 0 Å². The van der Waals surface area contributed by atoms with Gasteiger partial charge >= 0.3 is 0 Å². The van der Waals surface area contributed by atoms with Gasteiger partial charge in [0.2, 0.25) is 0 Å². The number of rotatable bonds is 3. The summed E-state index contributed by atoms with van der Waals surface area (Å²) >= 11 is 6.85. The maximum absolute atomic E-state index is 5.14. The molecule has 5 nitrogen and oxygen atoms in total. The Kier molecular flexibility index (Phi) is 4.28. The maximum atomic E-state index is 5.14. The third-order valence-electron chi connectivity index (χ3n) is 3.72. The Morgan fingerprint density at radius 2 is 2.05 bits per heavy atom. The zero-order chi connectivity index (χ0) is 13.9. The highest BCUT2D eigenvalue weighted by Crippen LogP contribution is 2.21. The van der Waals surface area contributed by atoms with Crippen LogP contribution >= 0.6 is 23.6 Å². The summed E-state index contributed by atoms with van der Waals surface area (Å²) in [6.45, 7) is 3.35. The van der Waals surface area contributed by atoms with Gasteiger partial charge in [-0.1, -0.05) is 12.8 Å². The molecule has 7 heteroatoms. The van der Waals surface area contributed by atoms with Crippen molar-refractivity contribution in [2.45, 2.75) is 32.2 Å². The fourth-order valence-electron chi connectivity index (χ4n) is 2.55. The smallest absolute Gasteiger partial charge is 0.195 e. The molecule has 20 heavy (non-hydrogen) atoms. The monoisotopic (exact) mass is 309 g/mol. The van der Waals surface area contributed by atoms with E-state index < -0.39 is 0 Å². The van der Waals surface area contributed by atoms with Gasteiger partial charge < -0.3 is 4.57 Å². The molecule has 0 aromatic carbocycles. The molecule has 3 rings (SSSR count). The first-order valence-electron chi connectivity index (χ1n) is 7.02. The second-order valence-corrected chi connectivity index (χ2v) is 6.56. The van der Waals surface area contributed by atoms with Gasteiger partial charge in [-0.2, -0.15) is 5.10 Å². The van der Waals surface area contributed by atoms with Crippen LogP contribution in [0.1, 0.15) is 30.7 Å². The highest BCUT2D eigenvalue weighted by Gasteiger charge is 2.14. The Morgan fingerprint density at radius 1 is 1.30 bits per heavy atom. The molecular weight excluding hydrogens is 290 g/mol. The Balaban J connectivity index is 1.73. The third-order valence-corrected chi connectivity index (χ3v) is 4.92. The second kappa shape index (κ2) is 6.15. The van der Waals surface area contributed by atoms with Gasteiger partial charge in [0, 0.05) is 12.4 Å². The Labute approximate surface area is 127 Å². The number of thiazole rings is 1. The van der Waals surface area contributed by atoms with Gasteiger partial charge in [-0.25, -0.2) is 4.98 Å². The van der Waals surface area contributed by atoms with Crippen LogP contribution in [-0.2, 0) is 13.6 Å². The summed E-state index contributed by atoms with van der Waals surface area (Å²) in [5.41, 5.74) is 0.912. The lowest BCUT2D eigenvalue weighted by Crippen LogP contribution is -2.23. The van der Waals surface area contributed by atoms with Gasteiger partial charge in [-0.3, -0.25) is 10.00 Å². The van der Waals surface area contributed by atoms with E-state index in [9.17, 15) is 0 Å². The van der Waals surface area contributed by atoms with Gasteiger partial charge in [-0.05, 0) is 38.1 Å². The van der Waals surface area contributed by atoms with E-state index >= 15 is 0 Å². The van der Waals surface area contributed by atoms with E-state index in [4.69, 9.17) is 17.2 Å². The summed E-state index contributed by atoms with van der Waals surface area (Å²) in [7, 11) is 1.91. The number of likely N-dealkylation sites (tertiary alicyclic amines) is 1. The third kappa shape index (κ3) is 2.99. The van der Waals surface area contributed by atoms with E-state index in [2.05, 4.69) is 20.5 Å². The summed E-state index contributed by atoms with van der Waals surface area (Å²) in [5.74, 6) is 0.813. The van der Waals surface area contributed by atoms with Crippen LogP contribution in [0.25, 0.3) is 11.5 Å². The number of aromatic nitrogens is 4. The van der Waals surface area contributed by atoms with Crippen molar-refractivity contribution in [2.75, 3.05) is 13.1 Å². The summed E-state index contributed by atoms with van der Waals surface area (Å²) in [4.78, 5) is 7.22. The Bertz CT molecular complexity index is 619. The first kappa shape index (κ1) is 13.9. The number of nitrogens with zero attached hydrogens (tertiary/aromatic N) is 4. The van der Waals surface area contributed by atoms with Gasteiger partial charge in [0.15, 0.2) is 10.6 Å². The fourth-order valence-corrected chi connectivity index (χ4v) is 3.49. The predicted octanol–water partition coefficient (Wildman–Crippen LogP) is 2.98. The quantitative estimate of drug-likeness (QED) is 0.886. The average molecular weight is 309 g/mol. The van der Waals surface area contributed by atoms with Crippen molar-refractivity contribution in [3.8, 4) is 11.5 Å². The molecule has 1 N–H and O–H groups in total. The maximum Gasteiger partial charge on any atom is 0.195 e. The predicted molar refractivity (Wildman–Crippen MR) is 83.2 cm³/mol. The van der Waals surface area contributed by atoms with Crippen LogP contribution in [0, 0.1) is 4.77 Å². The van der Waals surface area contributed by atoms with E-state index in [0.717, 1.165) is 23.1 Å². The molecule has 0 radical (unpaired) electrons. The van der Waals surface area contributed by atoms with E-state index in [1.54, 1.807) is 11.3 Å². The molecule has 0 atom stereocenters. The molecule has 1 aliphatic heterocycles. The Morgan fingerprint density at radius 3 is 2.70 bits per heavy atom. The molecule has 1 aliphatic rings. The molecule has 2 aromatic heterocycles. The fraction of sp³-hybridized carbons (Fsp3) is 0.615. The second-order valence-electron chi connectivity index (χ2n) is 5.23. The van der Waals surface area contributed by atoms with Gasteiger partial charge in [0.1, 0.15) is 10.7 Å². The average Bonchev–Trinajstić information content (AvgIpc) is 2.91. The van der Waals surface area contributed by atoms with Crippen LogP contribution in [0.15, 0.2) is 5.38 Å². The summed E-state index contributed by atoms with van der Waals surface area (Å²) in [6.07, 6.45) is 5.35. The molecule has 108 valence electrons. The molecule has 1 fully saturated rings. The minimum atomic E-state index is 0.627. The summed E-state index contributed by atoms with van der Waals surface area (Å²) < 4.78 is 2.49. The normalized spacial score (nSPS) is 17.2. The zero-order valence-corrected chi connectivity index (χ0v) is 13.3. The number of hydrogen-bond donors (Lipinski definition) is 1. The van der Waals surface area contributed by atoms with Crippen LogP contribution < -0.4 is 0 Å². The molecule has 0 amide bonds. The molecular formula is C13H19N5S2. The van der Waals surface area contributed by atoms with E-state index in [0.29, 0.717) is 4.77 Å². The van der Waals surface area contributed by atoms with Crippen LogP contribution in [-0.4, -0.2) is 37.7 Å². The number of aromatic amines is 1. The lowest BCUT2D eigenvalue weighted by molar-refractivity contribution is 0.276. The lowest BCUT2D eigenvalue weighted by atomic mass is 10.2. The van der Waals surface area contributed by atoms with Crippen LogP contribution in [0.4, 0.5) is 0 Å². The highest BCUT2D eigenvalue weighted by molar-refractivity contribution is 7.71. The molecule has 1 saturated heterocycles. The molecule has 0 aliphatic carbocycles. The minimum Gasteiger partial charge on any atom is -0.302 e. The van der Waals surface area contributed by atoms with Crippen molar-refractivity contribution in [1.29, 1.82) is 0 Å². The van der Waals surface area contributed by atoms with Crippen LogP contribution in [0.3, 0.4) is 0 Å². The summed E-state index contributed by atoms with van der Waals surface area (Å²) in [6, 6.07) is 0. The van der Waals surface area contributed by atoms with E-state index in [-0.39, 0.29) is 0 Å². The van der Waals surface area contributed by atoms with Gasteiger partial charge in [0.25, 0.3) is 0 Å². The molecule has 0 saturated carbocycles. The minimum absolute atomic E-state index is 0.627. The standard InChI is InChI=1S/C13H19N5S2/c1-17-12(15-16-13(17)19)10-9-20-11(14-10)8-18-6-4-2-3-5-7-18/h9H,2-8H2,1H3,(H,16,19). The first-order chi connectivity index (χ1) is 9.74. The molecule has 2 aromatic rings. The number of H-pyrrole nitrogens is 1. The lowest BCUT2D eigenvalue weighted by Gasteiger charge is -2.17. The van der Waals surface area contributed by atoms with Crippen molar-refractivity contribution < 1.29 is 0 Å². The van der Waals surface area contributed by atoms with E-state index in [1.807, 2.05) is 11.6 Å². The van der Waals surface area contributed by atoms with E-state index in [1.165, 1.54) is 38.8 Å². The molecule has 0 unspecified atom stereocenters. The first-order valence-corrected chi connectivity index (χ1v) is 8.31. The van der Waals surface area contributed by atoms with Crippen molar-refractivity contribution in [3.63, 3.8) is 0 Å². The van der Waals surface area contributed by atoms with Crippen LogP contribution in [0.5, 0.6) is 0 Å². The molecule has 0 spiro atoms. The SMILES string of the molecule is Cn1c(-c2csc(CN3CCCCCC3)n2)n[nH]c1=S. The largest absolute Gasteiger partial charge is 0.302 e. The zero-order valence-electron chi connectivity index (χ0n) is 11.6. The highest BCUT2D eigenvalue weighted by atomic mass is 32.1.